The van der Waals surface area contributed by atoms with Crippen LogP contribution in [-0.2, 0) is 9.59 Å². The van der Waals surface area contributed by atoms with Gasteiger partial charge >= 0.3 is 5.69 Å². The fraction of sp³-hybridized carbons (Fsp3) is 0.273. The van der Waals surface area contributed by atoms with Gasteiger partial charge in [-0.15, -0.1) is 0 Å². The molecule has 2 aliphatic heterocycles. The summed E-state index contributed by atoms with van der Waals surface area (Å²) < 4.78 is 18.9. The van der Waals surface area contributed by atoms with Crippen molar-refractivity contribution in [1.82, 2.24) is 29.6 Å². The maximum Gasteiger partial charge on any atom is 0.354 e. The van der Waals surface area contributed by atoms with Gasteiger partial charge < -0.3 is 15.1 Å². The van der Waals surface area contributed by atoms with Crippen molar-refractivity contribution in [2.24, 2.45) is 0 Å². The average molecular weight is 641 g/mol. The number of H-pyrrole nitrogens is 1. The van der Waals surface area contributed by atoms with Crippen molar-refractivity contribution in [1.29, 1.82) is 0 Å². The molecule has 2 aliphatic rings. The third-order valence-electron chi connectivity index (χ3n) is 8.89. The minimum atomic E-state index is -0.927. The topological polar surface area (TPSA) is 129 Å². The first-order valence-electron chi connectivity index (χ1n) is 14.9. The number of pyridine rings is 1. The number of aromatic amines is 1. The first kappa shape index (κ1) is 29.6. The molecule has 0 saturated carbocycles. The fourth-order valence-corrected chi connectivity index (χ4v) is 7.01. The van der Waals surface area contributed by atoms with Crippen molar-refractivity contribution in [2.45, 2.75) is 39.7 Å². The number of carbonyl (C=O) groups is 2. The third kappa shape index (κ3) is 4.23. The van der Waals surface area contributed by atoms with Gasteiger partial charge in [0.1, 0.15) is 17.4 Å². The van der Waals surface area contributed by atoms with Gasteiger partial charge in [-0.05, 0) is 49.1 Å². The average Bonchev–Trinajstić information content (AvgIpc) is 3.47. The molecule has 2 aromatic carbocycles. The summed E-state index contributed by atoms with van der Waals surface area (Å²) in [5.74, 6) is -1.57. The summed E-state index contributed by atoms with van der Waals surface area (Å²) in [4.78, 5) is 53.0. The molecular formula is C33H30ClFN8O3. The van der Waals surface area contributed by atoms with Crippen molar-refractivity contribution in [3.05, 3.63) is 81.4 Å². The van der Waals surface area contributed by atoms with Gasteiger partial charge in [-0.2, -0.15) is 10.1 Å². The SMILES string of the molecule is C=CC(=O)N1CCN2c3nc(=O)n(-c4c(C)ccnc4C(C)C)c4c(F)c(-c5c(C)ccc6[nH]ncc56)c(Cl)c(c34)NC(=O)C2C1. The maximum atomic E-state index is 17.7. The molecule has 7 rings (SSSR count). The number of fused-ring (bicyclic) bond motifs is 3. The lowest BCUT2D eigenvalue weighted by atomic mass is 9.94. The molecule has 1 atom stereocenters. The van der Waals surface area contributed by atoms with Crippen LogP contribution in [0.2, 0.25) is 5.02 Å². The molecule has 5 aromatic rings. The van der Waals surface area contributed by atoms with E-state index in [0.29, 0.717) is 39.0 Å². The lowest BCUT2D eigenvalue weighted by molar-refractivity contribution is -0.128. The second-order valence-electron chi connectivity index (χ2n) is 11.9. The first-order valence-corrected chi connectivity index (χ1v) is 15.3. The van der Waals surface area contributed by atoms with Crippen LogP contribution in [-0.4, -0.2) is 67.1 Å². The number of amides is 2. The van der Waals surface area contributed by atoms with Crippen molar-refractivity contribution < 1.29 is 14.0 Å². The van der Waals surface area contributed by atoms with E-state index in [-0.39, 0.29) is 64.5 Å². The molecule has 2 amide bonds. The highest BCUT2D eigenvalue weighted by atomic mass is 35.5. The van der Waals surface area contributed by atoms with E-state index >= 15 is 4.39 Å². The van der Waals surface area contributed by atoms with Gasteiger partial charge in [0.05, 0.1) is 45.7 Å². The smallest absolute Gasteiger partial charge is 0.340 e. The Balaban J connectivity index is 1.65. The van der Waals surface area contributed by atoms with Crippen LogP contribution < -0.4 is 15.9 Å². The van der Waals surface area contributed by atoms with Crippen LogP contribution in [0.5, 0.6) is 0 Å². The maximum absolute atomic E-state index is 17.7. The Kier molecular flexibility index (Phi) is 6.93. The van der Waals surface area contributed by atoms with Crippen molar-refractivity contribution in [3.8, 4) is 16.8 Å². The molecule has 13 heteroatoms. The summed E-state index contributed by atoms with van der Waals surface area (Å²) in [6, 6.07) is 4.49. The number of hydrogen-bond acceptors (Lipinski definition) is 7. The number of carbonyl (C=O) groups excluding carboxylic acids is 2. The quantitative estimate of drug-likeness (QED) is 0.264. The Hall–Kier alpha value is -5.10. The number of halogens is 2. The predicted octanol–water partition coefficient (Wildman–Crippen LogP) is 5.01. The molecule has 0 spiro atoms. The molecule has 0 radical (unpaired) electrons. The molecule has 234 valence electrons. The highest BCUT2D eigenvalue weighted by molar-refractivity contribution is 6.40. The predicted molar refractivity (Wildman–Crippen MR) is 175 cm³/mol. The lowest BCUT2D eigenvalue weighted by Gasteiger charge is -2.40. The van der Waals surface area contributed by atoms with Crippen molar-refractivity contribution in [3.63, 3.8) is 0 Å². The van der Waals surface area contributed by atoms with Gasteiger partial charge in [-0.3, -0.25) is 24.2 Å². The number of hydrogen-bond donors (Lipinski definition) is 2. The highest BCUT2D eigenvalue weighted by Gasteiger charge is 2.41. The monoisotopic (exact) mass is 640 g/mol. The Labute approximate surface area is 267 Å². The Morgan fingerprint density at radius 3 is 2.67 bits per heavy atom. The molecule has 5 heterocycles. The fourth-order valence-electron chi connectivity index (χ4n) is 6.69. The number of rotatable bonds is 4. The molecule has 3 aromatic heterocycles. The second-order valence-corrected chi connectivity index (χ2v) is 12.3. The Morgan fingerprint density at radius 2 is 1.93 bits per heavy atom. The Morgan fingerprint density at radius 1 is 1.15 bits per heavy atom. The third-order valence-corrected chi connectivity index (χ3v) is 9.27. The number of anilines is 2. The molecule has 0 bridgehead atoms. The lowest BCUT2D eigenvalue weighted by Crippen LogP contribution is -2.58. The number of aryl methyl sites for hydroxylation is 2. The zero-order valence-electron chi connectivity index (χ0n) is 25.6. The summed E-state index contributed by atoms with van der Waals surface area (Å²) in [5.41, 5.74) is 2.82. The summed E-state index contributed by atoms with van der Waals surface area (Å²) >= 11 is 7.15. The molecular weight excluding hydrogens is 611 g/mol. The zero-order valence-corrected chi connectivity index (χ0v) is 26.4. The minimum Gasteiger partial charge on any atom is -0.340 e. The summed E-state index contributed by atoms with van der Waals surface area (Å²) in [7, 11) is 0. The van der Waals surface area contributed by atoms with Crippen LogP contribution in [0.15, 0.2) is 48.0 Å². The molecule has 1 saturated heterocycles. The summed E-state index contributed by atoms with van der Waals surface area (Å²) in [5, 5.41) is 10.8. The van der Waals surface area contributed by atoms with Crippen molar-refractivity contribution >= 4 is 56.7 Å². The van der Waals surface area contributed by atoms with Gasteiger partial charge in [0.2, 0.25) is 11.8 Å². The van der Waals surface area contributed by atoms with E-state index in [1.54, 1.807) is 23.4 Å². The van der Waals surface area contributed by atoms with Crippen LogP contribution in [0.1, 0.15) is 36.6 Å². The van der Waals surface area contributed by atoms with E-state index in [4.69, 9.17) is 11.6 Å². The highest BCUT2D eigenvalue weighted by Crippen LogP contribution is 2.49. The normalized spacial score (nSPS) is 16.2. The molecule has 11 nitrogen and oxygen atoms in total. The molecule has 1 unspecified atom stereocenters. The van der Waals surface area contributed by atoms with Gasteiger partial charge in [0, 0.05) is 35.8 Å². The van der Waals surface area contributed by atoms with Crippen LogP contribution >= 0.6 is 11.6 Å². The van der Waals surface area contributed by atoms with Gasteiger partial charge in [0.25, 0.3) is 0 Å². The van der Waals surface area contributed by atoms with Crippen LogP contribution in [0.4, 0.5) is 15.9 Å². The van der Waals surface area contributed by atoms with E-state index < -0.39 is 23.5 Å². The molecule has 0 aliphatic carbocycles. The molecule has 1 fully saturated rings. The van der Waals surface area contributed by atoms with E-state index in [0.717, 1.165) is 0 Å². The first-order chi connectivity index (χ1) is 22.0. The standard InChI is InChI=1S/C33H30ClFN8O3/c1-6-21(44)41-11-12-42-20(14-41)32(45)38-28-24-30(26(35)23(25(28)34)22-16(4)7-8-19-18(22)13-37-40-19)43(33(46)39-31(24)42)29-17(5)9-10-36-27(29)15(2)3/h6-10,13,15,20H,1,11-12,14H2,2-5H3,(H,37,40)(H,38,45). The van der Waals surface area contributed by atoms with Gasteiger partial charge in [-0.25, -0.2) is 9.18 Å². The van der Waals surface area contributed by atoms with Crippen LogP contribution in [0, 0.1) is 19.7 Å². The van der Waals surface area contributed by atoms with E-state index in [2.05, 4.69) is 32.1 Å². The zero-order chi connectivity index (χ0) is 32.6. The summed E-state index contributed by atoms with van der Waals surface area (Å²) in [6.45, 7) is 11.5. The van der Waals surface area contributed by atoms with E-state index in [1.807, 2.05) is 39.8 Å². The number of nitrogens with zero attached hydrogens (tertiary/aromatic N) is 6. The Bertz CT molecular complexity index is 2210. The number of benzene rings is 2. The summed E-state index contributed by atoms with van der Waals surface area (Å²) in [6.07, 6.45) is 4.43. The van der Waals surface area contributed by atoms with Gasteiger partial charge in [-0.1, -0.05) is 38.1 Å². The second kappa shape index (κ2) is 10.8. The minimum absolute atomic E-state index is 0.00948. The van der Waals surface area contributed by atoms with E-state index in [9.17, 15) is 14.4 Å². The number of aromatic nitrogens is 5. The number of piperazine rings is 1. The van der Waals surface area contributed by atoms with E-state index in [1.165, 1.54) is 15.5 Å². The number of nitrogens with one attached hydrogen (secondary N) is 2. The van der Waals surface area contributed by atoms with Crippen molar-refractivity contribution in [2.75, 3.05) is 29.9 Å². The molecule has 2 N–H and O–H groups in total. The van der Waals surface area contributed by atoms with Crippen LogP contribution in [0.3, 0.4) is 0 Å². The largest absolute Gasteiger partial charge is 0.354 e. The molecule has 46 heavy (non-hydrogen) atoms. The van der Waals surface area contributed by atoms with Gasteiger partial charge in [0.15, 0.2) is 5.82 Å². The van der Waals surface area contributed by atoms with Crippen LogP contribution in [0.25, 0.3) is 38.6 Å².